The molecule has 1 aromatic heterocycles. The summed E-state index contributed by atoms with van der Waals surface area (Å²) in [7, 11) is 1.76. The standard InChI is InChI=1S/C15H23N5O2/c1-10-16-11(2)20(17-10)13-5-4-6-19(9-13)15(22)12-7-14(21)18(3)8-12/h12-13H,4-9H2,1-3H3/t12-,13-/m0/s1. The molecule has 2 aliphatic rings. The minimum absolute atomic E-state index is 0.0645. The zero-order valence-corrected chi connectivity index (χ0v) is 13.4. The second-order valence-electron chi connectivity index (χ2n) is 6.41. The Morgan fingerprint density at radius 2 is 2.05 bits per heavy atom. The molecule has 0 radical (unpaired) electrons. The van der Waals surface area contributed by atoms with Crippen molar-refractivity contribution in [2.24, 2.45) is 5.92 Å². The summed E-state index contributed by atoms with van der Waals surface area (Å²) in [6.45, 7) is 5.81. The maximum Gasteiger partial charge on any atom is 0.228 e. The molecule has 0 aliphatic carbocycles. The summed E-state index contributed by atoms with van der Waals surface area (Å²) < 4.78 is 1.95. The highest BCUT2D eigenvalue weighted by Gasteiger charge is 2.36. The normalized spacial score (nSPS) is 25.9. The van der Waals surface area contributed by atoms with Crippen LogP contribution in [0, 0.1) is 19.8 Å². The Morgan fingerprint density at radius 1 is 1.27 bits per heavy atom. The molecule has 0 spiro atoms. The second-order valence-corrected chi connectivity index (χ2v) is 6.41. The number of carbonyl (C=O) groups excluding carboxylic acids is 2. The number of aromatic nitrogens is 3. The summed E-state index contributed by atoms with van der Waals surface area (Å²) in [5.41, 5.74) is 0. The van der Waals surface area contributed by atoms with Gasteiger partial charge >= 0.3 is 0 Å². The zero-order chi connectivity index (χ0) is 15.9. The van der Waals surface area contributed by atoms with Gasteiger partial charge in [-0.15, -0.1) is 0 Å². The molecule has 0 aromatic carbocycles. The van der Waals surface area contributed by atoms with E-state index < -0.39 is 0 Å². The van der Waals surface area contributed by atoms with Crippen molar-refractivity contribution in [2.75, 3.05) is 26.7 Å². The topological polar surface area (TPSA) is 71.3 Å². The van der Waals surface area contributed by atoms with Crippen LogP contribution in [0.4, 0.5) is 0 Å². The number of rotatable bonds is 2. The van der Waals surface area contributed by atoms with E-state index in [2.05, 4.69) is 10.1 Å². The number of piperidine rings is 1. The molecule has 2 aliphatic heterocycles. The van der Waals surface area contributed by atoms with Gasteiger partial charge in [-0.3, -0.25) is 9.59 Å². The van der Waals surface area contributed by atoms with Gasteiger partial charge in [-0.1, -0.05) is 0 Å². The molecule has 22 heavy (non-hydrogen) atoms. The molecular weight excluding hydrogens is 282 g/mol. The number of likely N-dealkylation sites (tertiary alicyclic amines) is 2. The van der Waals surface area contributed by atoms with E-state index in [4.69, 9.17) is 0 Å². The van der Waals surface area contributed by atoms with E-state index in [9.17, 15) is 9.59 Å². The predicted octanol–water partition coefficient (Wildman–Crippen LogP) is 0.537. The number of hydrogen-bond donors (Lipinski definition) is 0. The minimum atomic E-state index is -0.185. The molecule has 0 bridgehead atoms. The molecule has 0 N–H and O–H groups in total. The first-order chi connectivity index (χ1) is 10.5. The zero-order valence-electron chi connectivity index (χ0n) is 13.4. The van der Waals surface area contributed by atoms with Crippen molar-refractivity contribution in [2.45, 2.75) is 39.2 Å². The lowest BCUT2D eigenvalue weighted by atomic mass is 10.0. The van der Waals surface area contributed by atoms with Gasteiger partial charge in [0.1, 0.15) is 11.6 Å². The Morgan fingerprint density at radius 3 is 2.64 bits per heavy atom. The van der Waals surface area contributed by atoms with Crippen molar-refractivity contribution in [1.29, 1.82) is 0 Å². The second kappa shape index (κ2) is 5.70. The molecule has 1 aromatic rings. The smallest absolute Gasteiger partial charge is 0.228 e. The van der Waals surface area contributed by atoms with E-state index in [1.807, 2.05) is 23.4 Å². The van der Waals surface area contributed by atoms with Crippen LogP contribution in [0.3, 0.4) is 0 Å². The van der Waals surface area contributed by atoms with Gasteiger partial charge in [0, 0.05) is 33.1 Å². The lowest BCUT2D eigenvalue weighted by Crippen LogP contribution is -2.44. The van der Waals surface area contributed by atoms with E-state index in [1.165, 1.54) is 0 Å². The maximum atomic E-state index is 12.7. The number of aryl methyl sites for hydroxylation is 2. The summed E-state index contributed by atoms with van der Waals surface area (Å²) in [6, 6.07) is 0.189. The molecule has 0 saturated carbocycles. The number of hydrogen-bond acceptors (Lipinski definition) is 4. The molecule has 0 unspecified atom stereocenters. The van der Waals surface area contributed by atoms with Crippen molar-refractivity contribution in [3.63, 3.8) is 0 Å². The highest BCUT2D eigenvalue weighted by molar-refractivity contribution is 5.89. The first-order valence-corrected chi connectivity index (χ1v) is 7.88. The molecule has 7 heteroatoms. The third-order valence-electron chi connectivity index (χ3n) is 4.65. The summed E-state index contributed by atoms with van der Waals surface area (Å²) in [6.07, 6.45) is 2.32. The summed E-state index contributed by atoms with van der Waals surface area (Å²) in [4.78, 5) is 32.2. The van der Waals surface area contributed by atoms with E-state index in [0.717, 1.165) is 31.0 Å². The maximum absolute atomic E-state index is 12.7. The Kier molecular flexibility index (Phi) is 3.88. The SMILES string of the molecule is Cc1nc(C)n([C@H]2CCCN(C(=O)[C@H]3CC(=O)N(C)C3)C2)n1. The average Bonchev–Trinajstić information content (AvgIpc) is 3.00. The van der Waals surface area contributed by atoms with Gasteiger partial charge in [-0.2, -0.15) is 5.10 Å². The van der Waals surface area contributed by atoms with Crippen molar-refractivity contribution in [1.82, 2.24) is 24.6 Å². The summed E-state index contributed by atoms with van der Waals surface area (Å²) in [5, 5.41) is 4.45. The number of carbonyl (C=O) groups is 2. The average molecular weight is 305 g/mol. The molecular formula is C15H23N5O2. The van der Waals surface area contributed by atoms with Gasteiger partial charge < -0.3 is 9.80 Å². The van der Waals surface area contributed by atoms with Crippen molar-refractivity contribution in [3.8, 4) is 0 Å². The monoisotopic (exact) mass is 305 g/mol. The fourth-order valence-electron chi connectivity index (χ4n) is 3.52. The fourth-order valence-corrected chi connectivity index (χ4v) is 3.52. The van der Waals surface area contributed by atoms with Crippen LogP contribution in [-0.2, 0) is 9.59 Å². The minimum Gasteiger partial charge on any atom is -0.345 e. The summed E-state index contributed by atoms with van der Waals surface area (Å²) in [5.74, 6) is 1.65. The molecule has 2 atom stereocenters. The quantitative estimate of drug-likeness (QED) is 0.799. The number of nitrogens with zero attached hydrogens (tertiary/aromatic N) is 5. The predicted molar refractivity (Wildman–Crippen MR) is 80.1 cm³/mol. The van der Waals surface area contributed by atoms with E-state index in [0.29, 0.717) is 19.5 Å². The molecule has 2 saturated heterocycles. The lowest BCUT2D eigenvalue weighted by Gasteiger charge is -2.34. The first-order valence-electron chi connectivity index (χ1n) is 7.88. The van der Waals surface area contributed by atoms with Crippen LogP contribution in [0.5, 0.6) is 0 Å². The summed E-state index contributed by atoms with van der Waals surface area (Å²) >= 11 is 0. The van der Waals surface area contributed by atoms with Gasteiger partial charge in [0.25, 0.3) is 0 Å². The van der Waals surface area contributed by atoms with E-state index in [-0.39, 0.29) is 23.8 Å². The lowest BCUT2D eigenvalue weighted by molar-refractivity contribution is -0.137. The van der Waals surface area contributed by atoms with Gasteiger partial charge in [0.05, 0.1) is 12.0 Å². The van der Waals surface area contributed by atoms with Crippen LogP contribution in [0.25, 0.3) is 0 Å². The third-order valence-corrected chi connectivity index (χ3v) is 4.65. The fraction of sp³-hybridized carbons (Fsp3) is 0.733. The Labute approximate surface area is 130 Å². The molecule has 3 heterocycles. The van der Waals surface area contributed by atoms with Gasteiger partial charge in [-0.05, 0) is 26.7 Å². The van der Waals surface area contributed by atoms with Crippen molar-refractivity contribution in [3.05, 3.63) is 11.6 Å². The van der Waals surface area contributed by atoms with E-state index in [1.54, 1.807) is 11.9 Å². The largest absolute Gasteiger partial charge is 0.345 e. The Bertz CT molecular complexity index is 597. The highest BCUT2D eigenvalue weighted by atomic mass is 16.2. The van der Waals surface area contributed by atoms with Gasteiger partial charge in [0.2, 0.25) is 11.8 Å². The van der Waals surface area contributed by atoms with Crippen LogP contribution in [-0.4, -0.2) is 63.1 Å². The van der Waals surface area contributed by atoms with E-state index >= 15 is 0 Å². The molecule has 2 fully saturated rings. The van der Waals surface area contributed by atoms with Crippen LogP contribution < -0.4 is 0 Å². The van der Waals surface area contributed by atoms with Gasteiger partial charge in [0.15, 0.2) is 0 Å². The third kappa shape index (κ3) is 2.71. The molecule has 120 valence electrons. The van der Waals surface area contributed by atoms with Crippen molar-refractivity contribution < 1.29 is 9.59 Å². The molecule has 3 rings (SSSR count). The van der Waals surface area contributed by atoms with Crippen LogP contribution in [0.2, 0.25) is 0 Å². The Balaban J connectivity index is 1.69. The van der Waals surface area contributed by atoms with Crippen LogP contribution >= 0.6 is 0 Å². The first kappa shape index (κ1) is 15.0. The number of amides is 2. The van der Waals surface area contributed by atoms with Crippen molar-refractivity contribution >= 4 is 11.8 Å². The van der Waals surface area contributed by atoms with Crippen LogP contribution in [0.1, 0.15) is 37.0 Å². The Hall–Kier alpha value is -1.92. The highest BCUT2D eigenvalue weighted by Crippen LogP contribution is 2.25. The molecule has 7 nitrogen and oxygen atoms in total. The van der Waals surface area contributed by atoms with Crippen LogP contribution in [0.15, 0.2) is 0 Å². The van der Waals surface area contributed by atoms with Gasteiger partial charge in [-0.25, -0.2) is 9.67 Å². The molecule has 2 amide bonds.